The maximum absolute atomic E-state index is 14.3. The van der Waals surface area contributed by atoms with Gasteiger partial charge in [-0.2, -0.15) is 0 Å². The summed E-state index contributed by atoms with van der Waals surface area (Å²) in [5.74, 6) is -0.187. The second-order valence-corrected chi connectivity index (χ2v) is 5.95. The van der Waals surface area contributed by atoms with E-state index in [2.05, 4.69) is 12.2 Å². The van der Waals surface area contributed by atoms with E-state index in [0.29, 0.717) is 51.4 Å². The van der Waals surface area contributed by atoms with Crippen molar-refractivity contribution in [1.29, 1.82) is 0 Å². The highest BCUT2D eigenvalue weighted by atomic mass is 19.1. The molecule has 0 spiro atoms. The molecule has 1 aliphatic rings. The predicted octanol–water partition coefficient (Wildman–Crippen LogP) is 2.30. The first-order valence-electron chi connectivity index (χ1n) is 8.12. The minimum atomic E-state index is -0.241. The van der Waals surface area contributed by atoms with E-state index < -0.39 is 0 Å². The van der Waals surface area contributed by atoms with E-state index in [1.807, 2.05) is 24.0 Å². The van der Waals surface area contributed by atoms with Crippen LogP contribution in [0.15, 0.2) is 18.2 Å². The fourth-order valence-electron chi connectivity index (χ4n) is 2.67. The van der Waals surface area contributed by atoms with E-state index in [0.717, 1.165) is 5.56 Å². The molecule has 0 bridgehead atoms. The molecule has 1 saturated heterocycles. The number of halogens is 1. The minimum Gasteiger partial charge on any atom is -0.393 e. The number of hydrogen-bond donors (Lipinski definition) is 2. The van der Waals surface area contributed by atoms with Gasteiger partial charge in [0.05, 0.1) is 18.4 Å². The van der Waals surface area contributed by atoms with Gasteiger partial charge in [0, 0.05) is 32.3 Å². The third-order valence-electron chi connectivity index (χ3n) is 4.04. The van der Waals surface area contributed by atoms with Crippen molar-refractivity contribution >= 4 is 5.69 Å². The van der Waals surface area contributed by atoms with Crippen LogP contribution in [0.4, 0.5) is 10.1 Å². The van der Waals surface area contributed by atoms with Crippen LogP contribution in [0.1, 0.15) is 32.3 Å². The summed E-state index contributed by atoms with van der Waals surface area (Å²) in [6.45, 7) is 7.44. The van der Waals surface area contributed by atoms with E-state index >= 15 is 0 Å². The predicted molar refractivity (Wildman–Crippen MR) is 86.6 cm³/mol. The van der Waals surface area contributed by atoms with E-state index in [1.54, 1.807) is 6.07 Å². The molecule has 1 unspecified atom stereocenters. The zero-order valence-corrected chi connectivity index (χ0v) is 13.5. The number of benzene rings is 1. The Balaban J connectivity index is 1.89. The number of rotatable bonds is 7. The highest BCUT2D eigenvalue weighted by Gasteiger charge is 2.19. The van der Waals surface area contributed by atoms with Crippen LogP contribution in [-0.2, 0) is 11.3 Å². The van der Waals surface area contributed by atoms with Crippen LogP contribution in [-0.4, -0.2) is 43.6 Å². The van der Waals surface area contributed by atoms with Gasteiger partial charge in [-0.3, -0.25) is 0 Å². The van der Waals surface area contributed by atoms with Gasteiger partial charge in [0.15, 0.2) is 0 Å². The second-order valence-electron chi connectivity index (χ2n) is 5.95. The summed E-state index contributed by atoms with van der Waals surface area (Å²) < 4.78 is 19.7. The van der Waals surface area contributed by atoms with Gasteiger partial charge in [0.2, 0.25) is 0 Å². The monoisotopic (exact) mass is 310 g/mol. The van der Waals surface area contributed by atoms with E-state index in [4.69, 9.17) is 4.74 Å². The lowest BCUT2D eigenvalue weighted by molar-refractivity contribution is 0.127. The molecule has 124 valence electrons. The zero-order chi connectivity index (χ0) is 15.9. The molecule has 0 aromatic heterocycles. The Labute approximate surface area is 132 Å². The van der Waals surface area contributed by atoms with Crippen molar-refractivity contribution < 1.29 is 14.2 Å². The first kappa shape index (κ1) is 17.2. The van der Waals surface area contributed by atoms with Crippen molar-refractivity contribution in [3.63, 3.8) is 0 Å². The molecule has 1 atom stereocenters. The van der Waals surface area contributed by atoms with Crippen molar-refractivity contribution in [2.45, 2.75) is 45.4 Å². The average molecular weight is 310 g/mol. The lowest BCUT2D eigenvalue weighted by Gasteiger charge is -2.31. The smallest absolute Gasteiger partial charge is 0.146 e. The number of aliphatic hydroxyl groups is 1. The summed E-state index contributed by atoms with van der Waals surface area (Å²) in [7, 11) is 0. The number of aliphatic hydroxyl groups excluding tert-OH is 1. The normalized spacial score (nSPS) is 17.7. The summed E-state index contributed by atoms with van der Waals surface area (Å²) in [5.41, 5.74) is 1.57. The summed E-state index contributed by atoms with van der Waals surface area (Å²) >= 11 is 0. The Morgan fingerprint density at radius 3 is 2.77 bits per heavy atom. The Hall–Kier alpha value is -1.17. The Bertz CT molecular complexity index is 462. The van der Waals surface area contributed by atoms with E-state index in [-0.39, 0.29) is 18.0 Å². The minimum absolute atomic E-state index is 0.187. The largest absolute Gasteiger partial charge is 0.393 e. The van der Waals surface area contributed by atoms with E-state index in [9.17, 15) is 9.50 Å². The first-order valence-corrected chi connectivity index (χ1v) is 8.12. The van der Waals surface area contributed by atoms with Crippen LogP contribution in [0.25, 0.3) is 0 Å². The topological polar surface area (TPSA) is 44.7 Å². The van der Waals surface area contributed by atoms with Crippen LogP contribution >= 0.6 is 0 Å². The summed E-state index contributed by atoms with van der Waals surface area (Å²) in [5, 5.41) is 12.9. The van der Waals surface area contributed by atoms with Crippen molar-refractivity contribution in [2.75, 3.05) is 31.2 Å². The molecule has 1 heterocycles. The van der Waals surface area contributed by atoms with Crippen molar-refractivity contribution in [2.24, 2.45) is 0 Å². The molecule has 22 heavy (non-hydrogen) atoms. The third-order valence-corrected chi connectivity index (χ3v) is 4.04. The van der Waals surface area contributed by atoms with Gasteiger partial charge in [0.1, 0.15) is 5.82 Å². The highest BCUT2D eigenvalue weighted by molar-refractivity contribution is 5.49. The van der Waals surface area contributed by atoms with Crippen LogP contribution in [0.3, 0.4) is 0 Å². The maximum Gasteiger partial charge on any atom is 0.146 e. The summed E-state index contributed by atoms with van der Waals surface area (Å²) in [6.07, 6.45) is 1.17. The molecule has 0 saturated carbocycles. The number of hydrogen-bond acceptors (Lipinski definition) is 4. The van der Waals surface area contributed by atoms with Crippen LogP contribution < -0.4 is 10.2 Å². The fourth-order valence-corrected chi connectivity index (χ4v) is 2.67. The van der Waals surface area contributed by atoms with Gasteiger partial charge in [-0.05, 0) is 44.4 Å². The molecule has 2 N–H and O–H groups in total. The number of anilines is 1. The lowest BCUT2D eigenvalue weighted by Crippen LogP contribution is -2.36. The Kier molecular flexibility index (Phi) is 6.61. The van der Waals surface area contributed by atoms with E-state index in [1.165, 1.54) is 0 Å². The van der Waals surface area contributed by atoms with Gasteiger partial charge in [0.25, 0.3) is 0 Å². The molecular formula is C17H27FN2O2. The molecule has 2 rings (SSSR count). The quantitative estimate of drug-likeness (QED) is 0.811. The molecule has 1 fully saturated rings. The third kappa shape index (κ3) is 4.93. The van der Waals surface area contributed by atoms with Gasteiger partial charge in [-0.15, -0.1) is 0 Å². The molecule has 1 aromatic carbocycles. The average Bonchev–Trinajstić information content (AvgIpc) is 2.52. The SMILES string of the molecule is CCOCC(C)NCc1ccc(N2CCC(O)CC2)c(F)c1. The molecule has 1 aliphatic heterocycles. The summed E-state index contributed by atoms with van der Waals surface area (Å²) in [4.78, 5) is 2.01. The van der Waals surface area contributed by atoms with Crippen LogP contribution in [0, 0.1) is 5.82 Å². The molecule has 0 amide bonds. The zero-order valence-electron chi connectivity index (χ0n) is 13.5. The molecule has 1 aromatic rings. The first-order chi connectivity index (χ1) is 10.6. The highest BCUT2D eigenvalue weighted by Crippen LogP contribution is 2.24. The molecule has 0 radical (unpaired) electrons. The standard InChI is InChI=1S/C17H27FN2O2/c1-3-22-12-13(2)19-11-14-4-5-17(16(18)10-14)20-8-6-15(21)7-9-20/h4-5,10,13,15,19,21H,3,6-9,11-12H2,1-2H3. The number of nitrogens with one attached hydrogen (secondary N) is 1. The van der Waals surface area contributed by atoms with Gasteiger partial charge < -0.3 is 20.1 Å². The van der Waals surface area contributed by atoms with Crippen LogP contribution in [0.2, 0.25) is 0 Å². The molecule has 0 aliphatic carbocycles. The summed E-state index contributed by atoms with van der Waals surface area (Å²) in [6, 6.07) is 5.65. The molecular weight excluding hydrogens is 283 g/mol. The van der Waals surface area contributed by atoms with Crippen molar-refractivity contribution in [3.05, 3.63) is 29.6 Å². The van der Waals surface area contributed by atoms with Gasteiger partial charge in [-0.1, -0.05) is 6.07 Å². The Morgan fingerprint density at radius 2 is 2.14 bits per heavy atom. The number of piperidine rings is 1. The van der Waals surface area contributed by atoms with Crippen LogP contribution in [0.5, 0.6) is 0 Å². The lowest BCUT2D eigenvalue weighted by atomic mass is 10.1. The number of nitrogens with zero attached hydrogens (tertiary/aromatic N) is 1. The fraction of sp³-hybridized carbons (Fsp3) is 0.647. The molecule has 5 heteroatoms. The van der Waals surface area contributed by atoms with Crippen molar-refractivity contribution in [3.8, 4) is 0 Å². The molecule has 4 nitrogen and oxygen atoms in total. The van der Waals surface area contributed by atoms with Crippen molar-refractivity contribution in [1.82, 2.24) is 5.32 Å². The number of ether oxygens (including phenoxy) is 1. The Morgan fingerprint density at radius 1 is 1.41 bits per heavy atom. The maximum atomic E-state index is 14.3. The van der Waals surface area contributed by atoms with Gasteiger partial charge >= 0.3 is 0 Å². The van der Waals surface area contributed by atoms with Gasteiger partial charge in [-0.25, -0.2) is 4.39 Å². The second kappa shape index (κ2) is 8.46.